The predicted molar refractivity (Wildman–Crippen MR) is 89.9 cm³/mol. The summed E-state index contributed by atoms with van der Waals surface area (Å²) >= 11 is 0. The lowest BCUT2D eigenvalue weighted by atomic mass is 9.93. The van der Waals surface area contributed by atoms with Gasteiger partial charge >= 0.3 is 0 Å². The maximum Gasteiger partial charge on any atom is 0.246 e. The van der Waals surface area contributed by atoms with Crippen LogP contribution in [0.2, 0.25) is 0 Å². The molecular formula is C17H27N5O2. The van der Waals surface area contributed by atoms with Crippen LogP contribution in [0.1, 0.15) is 46.0 Å². The van der Waals surface area contributed by atoms with Crippen molar-refractivity contribution >= 4 is 5.95 Å². The molecule has 3 heterocycles. The van der Waals surface area contributed by atoms with E-state index in [4.69, 9.17) is 9.47 Å². The number of hydrogen-bond donors (Lipinski definition) is 0. The van der Waals surface area contributed by atoms with Gasteiger partial charge in [-0.25, -0.2) is 4.68 Å². The van der Waals surface area contributed by atoms with Crippen LogP contribution in [-0.4, -0.2) is 57.7 Å². The van der Waals surface area contributed by atoms with Crippen LogP contribution in [0.4, 0.5) is 5.95 Å². The van der Waals surface area contributed by atoms with Crippen LogP contribution in [-0.2, 0) is 16.0 Å². The Bertz CT molecular complexity index is 616. The lowest BCUT2D eigenvalue weighted by Gasteiger charge is -2.45. The van der Waals surface area contributed by atoms with Crippen molar-refractivity contribution in [2.24, 2.45) is 0 Å². The zero-order chi connectivity index (χ0) is 16.6. The summed E-state index contributed by atoms with van der Waals surface area (Å²) in [5.41, 5.74) is 1.21. The Morgan fingerprint density at radius 1 is 1.33 bits per heavy atom. The van der Waals surface area contributed by atoms with Crippen LogP contribution in [0.3, 0.4) is 0 Å². The smallest absolute Gasteiger partial charge is 0.246 e. The summed E-state index contributed by atoms with van der Waals surface area (Å²) in [5, 5.41) is 12.5. The van der Waals surface area contributed by atoms with E-state index in [1.165, 1.54) is 24.8 Å². The van der Waals surface area contributed by atoms with Gasteiger partial charge in [0.15, 0.2) is 0 Å². The molecule has 3 aliphatic rings. The summed E-state index contributed by atoms with van der Waals surface area (Å²) in [5.74, 6) is 0.857. The molecule has 1 aromatic rings. The molecule has 3 unspecified atom stereocenters. The summed E-state index contributed by atoms with van der Waals surface area (Å²) in [7, 11) is 0. The van der Waals surface area contributed by atoms with E-state index in [1.807, 2.05) is 4.68 Å². The molecule has 0 radical (unpaired) electrons. The fourth-order valence-electron chi connectivity index (χ4n) is 4.22. The maximum absolute atomic E-state index is 6.31. The predicted octanol–water partition coefficient (Wildman–Crippen LogP) is 1.95. The molecule has 0 amide bonds. The second kappa shape index (κ2) is 6.44. The molecule has 7 heteroatoms. The van der Waals surface area contributed by atoms with Gasteiger partial charge in [0.1, 0.15) is 5.60 Å². The molecule has 1 spiro atoms. The SMILES string of the molecule is CC1CN(c2nnnn2CC2=CCCCC2)CC2(CCOC2C)O1. The Kier molecular flexibility index (Phi) is 4.30. The van der Waals surface area contributed by atoms with Crippen LogP contribution < -0.4 is 4.90 Å². The van der Waals surface area contributed by atoms with E-state index in [-0.39, 0.29) is 17.8 Å². The first-order valence-electron chi connectivity index (χ1n) is 9.15. The maximum atomic E-state index is 6.31. The molecule has 4 rings (SSSR count). The quantitative estimate of drug-likeness (QED) is 0.788. The molecule has 0 N–H and O–H groups in total. The number of nitrogens with zero attached hydrogens (tertiary/aromatic N) is 5. The Balaban J connectivity index is 1.55. The second-order valence-electron chi connectivity index (χ2n) is 7.38. The van der Waals surface area contributed by atoms with Crippen molar-refractivity contribution in [2.75, 3.05) is 24.6 Å². The van der Waals surface area contributed by atoms with E-state index in [2.05, 4.69) is 40.3 Å². The van der Waals surface area contributed by atoms with Crippen LogP contribution in [0.25, 0.3) is 0 Å². The third-order valence-corrected chi connectivity index (χ3v) is 5.54. The highest BCUT2D eigenvalue weighted by molar-refractivity contribution is 5.32. The highest BCUT2D eigenvalue weighted by Crippen LogP contribution is 2.36. The van der Waals surface area contributed by atoms with Gasteiger partial charge in [-0.1, -0.05) is 16.7 Å². The first-order chi connectivity index (χ1) is 11.7. The molecule has 2 saturated heterocycles. The van der Waals surface area contributed by atoms with Crippen LogP contribution in [0.15, 0.2) is 11.6 Å². The standard InChI is InChI=1S/C17H27N5O2/c1-13-10-21(12-17(24-13)8-9-23-14(17)2)16-18-19-20-22(16)11-15-6-4-3-5-7-15/h6,13-14H,3-5,7-12H2,1-2H3. The molecule has 24 heavy (non-hydrogen) atoms. The van der Waals surface area contributed by atoms with Gasteiger partial charge in [0.2, 0.25) is 5.95 Å². The monoisotopic (exact) mass is 333 g/mol. The Morgan fingerprint density at radius 3 is 3.00 bits per heavy atom. The Labute approximate surface area is 143 Å². The van der Waals surface area contributed by atoms with Crippen molar-refractivity contribution < 1.29 is 9.47 Å². The number of morpholine rings is 1. The summed E-state index contributed by atoms with van der Waals surface area (Å²) in [6.45, 7) is 7.40. The van der Waals surface area contributed by atoms with E-state index in [0.717, 1.165) is 45.0 Å². The molecule has 0 bridgehead atoms. The zero-order valence-electron chi connectivity index (χ0n) is 14.6. The van der Waals surface area contributed by atoms with Crippen molar-refractivity contribution in [1.82, 2.24) is 20.2 Å². The number of hydrogen-bond acceptors (Lipinski definition) is 6. The average Bonchev–Trinajstić information content (AvgIpc) is 3.16. The van der Waals surface area contributed by atoms with Crippen LogP contribution in [0, 0.1) is 0 Å². The number of allylic oxidation sites excluding steroid dienone is 2. The minimum absolute atomic E-state index is 0.105. The molecular weight excluding hydrogens is 306 g/mol. The second-order valence-corrected chi connectivity index (χ2v) is 7.38. The summed E-state index contributed by atoms with van der Waals surface area (Å²) in [6.07, 6.45) is 8.44. The fraction of sp³-hybridized carbons (Fsp3) is 0.824. The van der Waals surface area contributed by atoms with Crippen LogP contribution >= 0.6 is 0 Å². The van der Waals surface area contributed by atoms with Gasteiger partial charge in [-0.05, 0) is 50.0 Å². The highest BCUT2D eigenvalue weighted by Gasteiger charge is 2.48. The largest absolute Gasteiger partial charge is 0.375 e. The fourth-order valence-corrected chi connectivity index (χ4v) is 4.22. The van der Waals surface area contributed by atoms with E-state index in [0.29, 0.717) is 0 Å². The number of ether oxygens (including phenoxy) is 2. The van der Waals surface area contributed by atoms with Gasteiger partial charge in [0.05, 0.1) is 25.3 Å². The van der Waals surface area contributed by atoms with Crippen molar-refractivity contribution in [2.45, 2.75) is 70.3 Å². The lowest BCUT2D eigenvalue weighted by molar-refractivity contribution is -0.127. The molecule has 1 aliphatic carbocycles. The first-order valence-corrected chi connectivity index (χ1v) is 9.15. The number of anilines is 1. The number of tetrazole rings is 1. The van der Waals surface area contributed by atoms with Crippen molar-refractivity contribution in [3.8, 4) is 0 Å². The summed E-state index contributed by atoms with van der Waals surface area (Å²) in [4.78, 5) is 2.28. The molecule has 7 nitrogen and oxygen atoms in total. The van der Waals surface area contributed by atoms with Gasteiger partial charge in [-0.2, -0.15) is 0 Å². The summed E-state index contributed by atoms with van der Waals surface area (Å²) in [6, 6.07) is 0. The van der Waals surface area contributed by atoms with Crippen molar-refractivity contribution in [1.29, 1.82) is 0 Å². The van der Waals surface area contributed by atoms with Crippen LogP contribution in [0.5, 0.6) is 0 Å². The van der Waals surface area contributed by atoms with Gasteiger partial charge in [0.25, 0.3) is 0 Å². The third kappa shape index (κ3) is 2.95. The van der Waals surface area contributed by atoms with Crippen molar-refractivity contribution in [3.63, 3.8) is 0 Å². The minimum Gasteiger partial charge on any atom is -0.375 e. The third-order valence-electron chi connectivity index (χ3n) is 5.54. The molecule has 2 fully saturated rings. The lowest BCUT2D eigenvalue weighted by Crippen LogP contribution is -2.58. The summed E-state index contributed by atoms with van der Waals surface area (Å²) < 4.78 is 14.0. The molecule has 0 saturated carbocycles. The van der Waals surface area contributed by atoms with Gasteiger partial charge in [0, 0.05) is 19.6 Å². The van der Waals surface area contributed by atoms with E-state index in [9.17, 15) is 0 Å². The van der Waals surface area contributed by atoms with Gasteiger partial charge in [-0.15, -0.1) is 0 Å². The zero-order valence-corrected chi connectivity index (χ0v) is 14.6. The highest BCUT2D eigenvalue weighted by atomic mass is 16.6. The molecule has 132 valence electrons. The van der Waals surface area contributed by atoms with E-state index >= 15 is 0 Å². The topological polar surface area (TPSA) is 65.3 Å². The molecule has 0 aromatic carbocycles. The van der Waals surface area contributed by atoms with E-state index in [1.54, 1.807) is 0 Å². The molecule has 1 aromatic heterocycles. The number of aromatic nitrogens is 4. The van der Waals surface area contributed by atoms with E-state index < -0.39 is 0 Å². The Hall–Kier alpha value is -1.47. The normalized spacial score (nSPS) is 33.9. The number of rotatable bonds is 3. The van der Waals surface area contributed by atoms with Crippen molar-refractivity contribution in [3.05, 3.63) is 11.6 Å². The minimum atomic E-state index is -0.238. The van der Waals surface area contributed by atoms with Gasteiger partial charge in [-0.3, -0.25) is 0 Å². The van der Waals surface area contributed by atoms with Gasteiger partial charge < -0.3 is 14.4 Å². The average molecular weight is 333 g/mol. The Morgan fingerprint density at radius 2 is 2.25 bits per heavy atom. The molecule has 3 atom stereocenters. The first kappa shape index (κ1) is 16.0. The molecule has 2 aliphatic heterocycles.